The van der Waals surface area contributed by atoms with Gasteiger partial charge in [0.15, 0.2) is 16.8 Å². The number of carbonyl (C=O) groups is 1. The van der Waals surface area contributed by atoms with E-state index in [4.69, 9.17) is 23.2 Å². The van der Waals surface area contributed by atoms with Gasteiger partial charge < -0.3 is 4.57 Å². The van der Waals surface area contributed by atoms with Crippen molar-refractivity contribution in [2.75, 3.05) is 5.75 Å². The molecule has 2 aromatic heterocycles. The molecule has 28 heavy (non-hydrogen) atoms. The van der Waals surface area contributed by atoms with E-state index in [9.17, 15) is 18.0 Å². The molecule has 0 saturated heterocycles. The molecule has 3 rings (SSSR count). The summed E-state index contributed by atoms with van der Waals surface area (Å²) in [6, 6.07) is 7.28. The normalized spacial score (nSPS) is 11.6. The highest BCUT2D eigenvalue weighted by molar-refractivity contribution is 7.99. The number of pyridine rings is 1. The number of thioether (sulfide) groups is 1. The van der Waals surface area contributed by atoms with E-state index in [2.05, 4.69) is 15.2 Å². The average Bonchev–Trinajstić information content (AvgIpc) is 3.00. The maximum Gasteiger partial charge on any atom is 0.417 e. The molecule has 0 saturated carbocycles. The summed E-state index contributed by atoms with van der Waals surface area (Å²) in [4.78, 5) is 16.0. The van der Waals surface area contributed by atoms with Crippen LogP contribution >= 0.6 is 35.0 Å². The predicted molar refractivity (Wildman–Crippen MR) is 101 cm³/mol. The molecule has 11 heteroatoms. The van der Waals surface area contributed by atoms with Crippen molar-refractivity contribution in [3.8, 4) is 11.5 Å². The van der Waals surface area contributed by atoms with E-state index in [1.54, 1.807) is 31.3 Å². The Labute approximate surface area is 171 Å². The number of rotatable bonds is 5. The summed E-state index contributed by atoms with van der Waals surface area (Å²) in [5.74, 6) is 0.166. The molecule has 146 valence electrons. The van der Waals surface area contributed by atoms with Gasteiger partial charge in [-0.05, 0) is 30.3 Å². The predicted octanol–water partition coefficient (Wildman–Crippen LogP) is 5.18. The van der Waals surface area contributed by atoms with Crippen molar-refractivity contribution < 1.29 is 18.0 Å². The minimum absolute atomic E-state index is 0.0699. The van der Waals surface area contributed by atoms with Gasteiger partial charge in [0.2, 0.25) is 0 Å². The Balaban J connectivity index is 1.77. The Morgan fingerprint density at radius 3 is 2.46 bits per heavy atom. The van der Waals surface area contributed by atoms with Gasteiger partial charge in [0.05, 0.1) is 16.3 Å². The molecule has 0 amide bonds. The zero-order valence-corrected chi connectivity index (χ0v) is 16.5. The highest BCUT2D eigenvalue weighted by Crippen LogP contribution is 2.34. The van der Waals surface area contributed by atoms with Crippen LogP contribution in [0, 0.1) is 0 Å². The van der Waals surface area contributed by atoms with Gasteiger partial charge in [0, 0.05) is 23.8 Å². The number of hydrogen-bond donors (Lipinski definition) is 0. The van der Waals surface area contributed by atoms with Gasteiger partial charge >= 0.3 is 6.18 Å². The highest BCUT2D eigenvalue weighted by atomic mass is 35.5. The average molecular weight is 447 g/mol. The minimum atomic E-state index is -4.54. The van der Waals surface area contributed by atoms with E-state index in [1.165, 1.54) is 4.57 Å². The first-order valence-corrected chi connectivity index (χ1v) is 9.45. The first-order valence-electron chi connectivity index (χ1n) is 7.71. The molecule has 0 N–H and O–H groups in total. The van der Waals surface area contributed by atoms with Crippen LogP contribution in [0.25, 0.3) is 11.5 Å². The van der Waals surface area contributed by atoms with E-state index < -0.39 is 11.7 Å². The summed E-state index contributed by atoms with van der Waals surface area (Å²) in [5.41, 5.74) is -0.376. The van der Waals surface area contributed by atoms with E-state index >= 15 is 0 Å². The summed E-state index contributed by atoms with van der Waals surface area (Å²) < 4.78 is 39.8. The molecule has 0 unspecified atom stereocenters. The first kappa shape index (κ1) is 20.6. The molecule has 0 atom stereocenters. The topological polar surface area (TPSA) is 60.7 Å². The number of Topliss-reactive ketones (excluding diaryl/α,β-unsaturated/α-hetero) is 1. The third-order valence-electron chi connectivity index (χ3n) is 3.71. The van der Waals surface area contributed by atoms with Crippen LogP contribution in [0.15, 0.2) is 41.7 Å². The Bertz CT molecular complexity index is 1020. The molecule has 0 fully saturated rings. The van der Waals surface area contributed by atoms with Crippen molar-refractivity contribution in [3.63, 3.8) is 0 Å². The van der Waals surface area contributed by atoms with Gasteiger partial charge in [-0.1, -0.05) is 35.0 Å². The van der Waals surface area contributed by atoms with Crippen LogP contribution in [0.2, 0.25) is 10.0 Å². The van der Waals surface area contributed by atoms with Crippen molar-refractivity contribution in [1.29, 1.82) is 0 Å². The standard InChI is InChI=1S/C17H11Cl2F3N4OS/c1-26-15(14-12(19)6-10(7-23-14)17(20,21)22)24-25-16(26)28-8-13(27)9-2-4-11(18)5-3-9/h2-7H,8H2,1H3. The van der Waals surface area contributed by atoms with Crippen LogP contribution in [0.1, 0.15) is 15.9 Å². The van der Waals surface area contributed by atoms with Crippen LogP contribution in [0.3, 0.4) is 0 Å². The fourth-order valence-electron chi connectivity index (χ4n) is 2.25. The lowest BCUT2D eigenvalue weighted by atomic mass is 10.1. The van der Waals surface area contributed by atoms with Gasteiger partial charge in [0.1, 0.15) is 5.69 Å². The van der Waals surface area contributed by atoms with Gasteiger partial charge in [-0.15, -0.1) is 10.2 Å². The lowest BCUT2D eigenvalue weighted by Gasteiger charge is -2.09. The number of halogens is 5. The molecule has 0 radical (unpaired) electrons. The third-order valence-corrected chi connectivity index (χ3v) is 5.27. The molecule has 0 aliphatic heterocycles. The highest BCUT2D eigenvalue weighted by Gasteiger charge is 2.32. The quantitative estimate of drug-likeness (QED) is 0.399. The van der Waals surface area contributed by atoms with Crippen LogP contribution in [-0.2, 0) is 13.2 Å². The number of alkyl halides is 3. The molecule has 0 aliphatic rings. The molecule has 0 aliphatic carbocycles. The molecule has 5 nitrogen and oxygen atoms in total. The second-order valence-corrected chi connectivity index (χ2v) is 7.42. The third kappa shape index (κ3) is 4.48. The van der Waals surface area contributed by atoms with Gasteiger partial charge in [-0.2, -0.15) is 13.2 Å². The minimum Gasteiger partial charge on any atom is -0.304 e. The summed E-state index contributed by atoms with van der Waals surface area (Å²) in [5, 5.41) is 8.64. The number of carbonyl (C=O) groups excluding carboxylic acids is 1. The maximum absolute atomic E-state index is 12.7. The number of aromatic nitrogens is 4. The molecule has 0 bridgehead atoms. The van der Waals surface area contributed by atoms with E-state index in [0.717, 1.165) is 17.8 Å². The number of nitrogens with zero attached hydrogens (tertiary/aromatic N) is 4. The van der Waals surface area contributed by atoms with Crippen LogP contribution < -0.4 is 0 Å². The van der Waals surface area contributed by atoms with Crippen molar-refractivity contribution in [1.82, 2.24) is 19.7 Å². The Kier molecular flexibility index (Phi) is 5.97. The second kappa shape index (κ2) is 8.10. The first-order chi connectivity index (χ1) is 13.2. The molecule has 2 heterocycles. The molecular weight excluding hydrogens is 436 g/mol. The van der Waals surface area contributed by atoms with Gasteiger partial charge in [0.25, 0.3) is 0 Å². The van der Waals surface area contributed by atoms with E-state index in [1.807, 2.05) is 0 Å². The molecule has 3 aromatic rings. The zero-order valence-electron chi connectivity index (χ0n) is 14.2. The molecular formula is C17H11Cl2F3N4OS. The SMILES string of the molecule is Cn1c(SCC(=O)c2ccc(Cl)cc2)nnc1-c1ncc(C(F)(F)F)cc1Cl. The van der Waals surface area contributed by atoms with Gasteiger partial charge in [-0.3, -0.25) is 9.78 Å². The fraction of sp³-hybridized carbons (Fsp3) is 0.176. The van der Waals surface area contributed by atoms with Crippen LogP contribution in [0.4, 0.5) is 13.2 Å². The number of benzene rings is 1. The Hall–Kier alpha value is -2.10. The number of ketones is 1. The second-order valence-electron chi connectivity index (χ2n) is 5.64. The fourth-order valence-corrected chi connectivity index (χ4v) is 3.44. The van der Waals surface area contributed by atoms with Crippen molar-refractivity contribution in [2.45, 2.75) is 11.3 Å². The summed E-state index contributed by atoms with van der Waals surface area (Å²) in [6.07, 6.45) is -3.86. The molecule has 1 aromatic carbocycles. The van der Waals surface area contributed by atoms with Gasteiger partial charge in [-0.25, -0.2) is 0 Å². The van der Waals surface area contributed by atoms with Crippen molar-refractivity contribution in [2.24, 2.45) is 7.05 Å². The van der Waals surface area contributed by atoms with Crippen molar-refractivity contribution in [3.05, 3.63) is 57.7 Å². The summed E-state index contributed by atoms with van der Waals surface area (Å²) in [6.45, 7) is 0. The lowest BCUT2D eigenvalue weighted by Crippen LogP contribution is -2.07. The lowest BCUT2D eigenvalue weighted by molar-refractivity contribution is -0.137. The number of hydrogen-bond acceptors (Lipinski definition) is 5. The van der Waals surface area contributed by atoms with Crippen molar-refractivity contribution >= 4 is 40.7 Å². The Morgan fingerprint density at radius 1 is 1.18 bits per heavy atom. The van der Waals surface area contributed by atoms with E-state index in [-0.39, 0.29) is 28.1 Å². The maximum atomic E-state index is 12.7. The van der Waals surface area contributed by atoms with Crippen LogP contribution in [0.5, 0.6) is 0 Å². The zero-order chi connectivity index (χ0) is 20.5. The smallest absolute Gasteiger partial charge is 0.304 e. The largest absolute Gasteiger partial charge is 0.417 e. The van der Waals surface area contributed by atoms with E-state index in [0.29, 0.717) is 21.9 Å². The Morgan fingerprint density at radius 2 is 1.86 bits per heavy atom. The summed E-state index contributed by atoms with van der Waals surface area (Å²) in [7, 11) is 1.61. The molecule has 0 spiro atoms. The van der Waals surface area contributed by atoms with Crippen LogP contribution in [-0.4, -0.2) is 31.3 Å². The monoisotopic (exact) mass is 446 g/mol. The summed E-state index contributed by atoms with van der Waals surface area (Å²) >= 11 is 12.9.